The van der Waals surface area contributed by atoms with Crippen molar-refractivity contribution in [1.29, 1.82) is 0 Å². The fourth-order valence-corrected chi connectivity index (χ4v) is 2.20. The van der Waals surface area contributed by atoms with E-state index in [2.05, 4.69) is 5.32 Å². The standard InChI is InChI=1S/C8H15N2O2.Al.2H/c1-6(9-3)8(5-11)10(4)7(2)12;;;/h6,8-9H,1-4H3;;;. The molecule has 0 spiro atoms. The quantitative estimate of drug-likeness (QED) is 0.568. The third kappa shape index (κ3) is 3.47. The van der Waals surface area contributed by atoms with Crippen LogP contribution in [-0.4, -0.2) is 57.9 Å². The molecule has 0 aliphatic carbocycles. The molecule has 0 aliphatic rings. The summed E-state index contributed by atoms with van der Waals surface area (Å²) in [4.78, 5) is 23.9. The van der Waals surface area contributed by atoms with E-state index in [1.54, 1.807) is 14.1 Å². The Bertz CT molecular complexity index is 208. The van der Waals surface area contributed by atoms with Crippen LogP contribution in [-0.2, 0) is 9.59 Å². The Hall–Kier alpha value is -0.368. The highest BCUT2D eigenvalue weighted by atomic mass is 27.0. The summed E-state index contributed by atoms with van der Waals surface area (Å²) in [6.07, 6.45) is 0. The summed E-state index contributed by atoms with van der Waals surface area (Å²) < 4.78 is 0.138. The number of carbonyl (C=O) groups excluding carboxylic acids is 2. The number of amides is 1. The van der Waals surface area contributed by atoms with Crippen molar-refractivity contribution in [3.8, 4) is 0 Å². The summed E-state index contributed by atoms with van der Waals surface area (Å²) >= 11 is 0.475. The third-order valence-electron chi connectivity index (χ3n) is 2.26. The minimum Gasteiger partial charge on any atom is -0.336 e. The molecular weight excluding hydrogens is 183 g/mol. The molecule has 1 amide bonds. The topological polar surface area (TPSA) is 49.4 Å². The highest BCUT2D eigenvalue weighted by molar-refractivity contribution is 6.59. The first-order valence-electron chi connectivity index (χ1n) is 4.33. The van der Waals surface area contributed by atoms with Gasteiger partial charge in [0.1, 0.15) is 0 Å². The highest BCUT2D eigenvalue weighted by Gasteiger charge is 2.25. The van der Waals surface area contributed by atoms with Gasteiger partial charge in [-0.1, -0.05) is 0 Å². The Kier molecular flexibility index (Phi) is 5.23. The van der Waals surface area contributed by atoms with Crippen molar-refractivity contribution in [2.45, 2.75) is 25.9 Å². The number of nitrogens with zero attached hydrogens (tertiary/aromatic N) is 1. The molecule has 13 heavy (non-hydrogen) atoms. The smallest absolute Gasteiger partial charge is 0.322 e. The Morgan fingerprint density at radius 1 is 1.46 bits per heavy atom. The van der Waals surface area contributed by atoms with Gasteiger partial charge in [-0.3, -0.25) is 4.79 Å². The van der Waals surface area contributed by atoms with E-state index in [1.807, 2.05) is 6.92 Å². The third-order valence-corrected chi connectivity index (χ3v) is 2.85. The van der Waals surface area contributed by atoms with E-state index in [0.717, 1.165) is 0 Å². The van der Waals surface area contributed by atoms with Crippen molar-refractivity contribution < 1.29 is 9.59 Å². The van der Waals surface area contributed by atoms with Gasteiger partial charge in [-0.05, 0) is 14.0 Å². The summed E-state index contributed by atoms with van der Waals surface area (Å²) in [5, 5.41) is 2.99. The summed E-state index contributed by atoms with van der Waals surface area (Å²) in [5.74, 6) is -0.0729. The van der Waals surface area contributed by atoms with Gasteiger partial charge in [0.05, 0.1) is 10.7 Å². The Morgan fingerprint density at radius 2 is 1.92 bits per heavy atom. The van der Waals surface area contributed by atoms with Crippen LogP contribution in [0.2, 0.25) is 0 Å². The number of hydrogen-bond acceptors (Lipinski definition) is 3. The zero-order valence-corrected chi connectivity index (χ0v) is 10.9. The van der Waals surface area contributed by atoms with Gasteiger partial charge >= 0.3 is 16.3 Å². The van der Waals surface area contributed by atoms with Crippen molar-refractivity contribution in [1.82, 2.24) is 10.2 Å². The number of likely N-dealkylation sites (N-methyl/N-ethyl adjacent to an activating group) is 2. The lowest BCUT2D eigenvalue weighted by Crippen LogP contribution is -2.52. The first-order valence-corrected chi connectivity index (χ1v) is 5.33. The minimum absolute atomic E-state index is 0.0129. The van der Waals surface area contributed by atoms with Gasteiger partial charge in [0.2, 0.25) is 5.91 Å². The molecule has 0 rings (SSSR count). The minimum atomic E-state index is -0.311. The molecule has 0 aromatic rings. The highest BCUT2D eigenvalue weighted by Crippen LogP contribution is 2.02. The normalized spacial score (nSPS) is 14.8. The SMILES string of the molecule is CNC(C)C([C](=O)[AlH2])N(C)C(C)=O. The molecule has 2 atom stereocenters. The first kappa shape index (κ1) is 12.6. The molecule has 0 saturated carbocycles. The van der Waals surface area contributed by atoms with Crippen LogP contribution < -0.4 is 5.32 Å². The molecule has 0 bridgehead atoms. The largest absolute Gasteiger partial charge is 0.336 e. The Labute approximate surface area is 87.1 Å². The van der Waals surface area contributed by atoms with Crippen molar-refractivity contribution in [3.05, 3.63) is 0 Å². The molecule has 2 unspecified atom stereocenters. The fourth-order valence-electron chi connectivity index (χ4n) is 1.31. The average Bonchev–Trinajstić information content (AvgIpc) is 2.03. The molecule has 0 aromatic heterocycles. The van der Waals surface area contributed by atoms with Gasteiger partial charge in [-0.15, -0.1) is 0 Å². The first-order chi connectivity index (χ1) is 5.91. The lowest BCUT2D eigenvalue weighted by molar-refractivity contribution is -0.134. The maximum Gasteiger partial charge on any atom is 0.322 e. The van der Waals surface area contributed by atoms with Crippen LogP contribution in [0.3, 0.4) is 0 Å². The number of carbonyl (C=O) groups is 2. The summed E-state index contributed by atoms with van der Waals surface area (Å²) in [7, 11) is 3.45. The van der Waals surface area contributed by atoms with Gasteiger partial charge < -0.3 is 15.0 Å². The zero-order valence-electron chi connectivity index (χ0n) is 8.92. The summed E-state index contributed by atoms with van der Waals surface area (Å²) in [6, 6.07) is -0.298. The molecule has 5 heteroatoms. The fraction of sp³-hybridized carbons (Fsp3) is 0.750. The summed E-state index contributed by atoms with van der Waals surface area (Å²) in [5.41, 5.74) is 0. The van der Waals surface area contributed by atoms with Crippen molar-refractivity contribution in [2.75, 3.05) is 14.1 Å². The second-order valence-corrected chi connectivity index (χ2v) is 4.25. The van der Waals surface area contributed by atoms with Gasteiger partial charge in [-0.2, -0.15) is 0 Å². The second-order valence-electron chi connectivity index (χ2n) is 3.26. The zero-order chi connectivity index (χ0) is 10.6. The molecule has 0 saturated heterocycles. The average molecular weight is 200 g/mol. The van der Waals surface area contributed by atoms with E-state index >= 15 is 0 Å². The van der Waals surface area contributed by atoms with Crippen LogP contribution in [0.15, 0.2) is 0 Å². The molecule has 4 nitrogen and oxygen atoms in total. The lowest BCUT2D eigenvalue weighted by atomic mass is 10.1. The predicted octanol–water partition coefficient (Wildman–Crippen LogP) is -1.40. The van der Waals surface area contributed by atoms with E-state index in [1.165, 1.54) is 11.8 Å². The van der Waals surface area contributed by atoms with Gasteiger partial charge in [0.15, 0.2) is 0 Å². The van der Waals surface area contributed by atoms with Gasteiger partial charge in [0, 0.05) is 20.0 Å². The predicted molar refractivity (Wildman–Crippen MR) is 54.3 cm³/mol. The molecule has 74 valence electrons. The van der Waals surface area contributed by atoms with Gasteiger partial charge in [-0.25, -0.2) is 0 Å². The van der Waals surface area contributed by atoms with E-state index in [9.17, 15) is 9.59 Å². The van der Waals surface area contributed by atoms with Crippen molar-refractivity contribution in [2.24, 2.45) is 0 Å². The summed E-state index contributed by atoms with van der Waals surface area (Å²) in [6.45, 7) is 3.37. The van der Waals surface area contributed by atoms with E-state index in [0.29, 0.717) is 16.3 Å². The maximum atomic E-state index is 11.3. The number of nitrogens with one attached hydrogen (secondary N) is 1. The van der Waals surface area contributed by atoms with Crippen LogP contribution in [0.1, 0.15) is 13.8 Å². The molecule has 0 heterocycles. The van der Waals surface area contributed by atoms with E-state index in [-0.39, 0.29) is 22.6 Å². The molecule has 0 aliphatic heterocycles. The molecule has 0 radical (unpaired) electrons. The lowest BCUT2D eigenvalue weighted by Gasteiger charge is -2.30. The number of hydrogen-bond donors (Lipinski definition) is 1. The molecule has 0 fully saturated rings. The second kappa shape index (κ2) is 5.38. The molecule has 0 aromatic carbocycles. The van der Waals surface area contributed by atoms with E-state index < -0.39 is 0 Å². The Morgan fingerprint density at radius 3 is 2.15 bits per heavy atom. The van der Waals surface area contributed by atoms with Crippen LogP contribution in [0.25, 0.3) is 0 Å². The van der Waals surface area contributed by atoms with Crippen molar-refractivity contribution >= 4 is 26.8 Å². The van der Waals surface area contributed by atoms with Crippen LogP contribution in [0.4, 0.5) is 0 Å². The van der Waals surface area contributed by atoms with Crippen LogP contribution >= 0.6 is 0 Å². The number of rotatable bonds is 4. The van der Waals surface area contributed by atoms with Gasteiger partial charge in [0.25, 0.3) is 0 Å². The molecular formula is C8H17AlN2O2. The molecule has 1 N–H and O–H groups in total. The Balaban J connectivity index is 4.60. The van der Waals surface area contributed by atoms with E-state index in [4.69, 9.17) is 0 Å². The maximum absolute atomic E-state index is 11.3. The van der Waals surface area contributed by atoms with Crippen LogP contribution in [0, 0.1) is 0 Å². The van der Waals surface area contributed by atoms with Crippen molar-refractivity contribution in [3.63, 3.8) is 0 Å². The monoisotopic (exact) mass is 200 g/mol. The van der Waals surface area contributed by atoms with Crippen LogP contribution in [0.5, 0.6) is 0 Å².